The van der Waals surface area contributed by atoms with Crippen LogP contribution in [-0.4, -0.2) is 37.0 Å². The number of hydrogen-bond donors (Lipinski definition) is 2. The molecule has 6 rings (SSSR count). The van der Waals surface area contributed by atoms with E-state index in [2.05, 4.69) is 25.8 Å². The van der Waals surface area contributed by atoms with E-state index in [0.29, 0.717) is 40.4 Å². The van der Waals surface area contributed by atoms with Gasteiger partial charge in [-0.3, -0.25) is 14.6 Å². The molecular weight excluding hydrogens is 575 g/mol. The number of carbonyl (C=O) groups excluding carboxylic acids is 2. The first-order valence-electron chi connectivity index (χ1n) is 13.0. The summed E-state index contributed by atoms with van der Waals surface area (Å²) in [5.41, 5.74) is -1.22. The Morgan fingerprint density at radius 2 is 1.84 bits per heavy atom. The number of nitrogens with zero attached hydrogens (tertiary/aromatic N) is 4. The van der Waals surface area contributed by atoms with Crippen molar-refractivity contribution in [3.63, 3.8) is 0 Å². The molecule has 9 nitrogen and oxygen atoms in total. The molecule has 14 heteroatoms. The third kappa shape index (κ3) is 5.43. The highest BCUT2D eigenvalue weighted by atomic mass is 19.4. The smallest absolute Gasteiger partial charge is 0.350 e. The summed E-state index contributed by atoms with van der Waals surface area (Å²) in [6.07, 6.45) is -2.58. The van der Waals surface area contributed by atoms with Crippen molar-refractivity contribution in [2.75, 3.05) is 0 Å². The van der Waals surface area contributed by atoms with Gasteiger partial charge in [-0.2, -0.15) is 18.2 Å². The van der Waals surface area contributed by atoms with Crippen LogP contribution in [0.5, 0.6) is 0 Å². The molecule has 43 heavy (non-hydrogen) atoms. The van der Waals surface area contributed by atoms with Gasteiger partial charge >= 0.3 is 6.18 Å². The van der Waals surface area contributed by atoms with E-state index in [0.717, 1.165) is 6.20 Å². The van der Waals surface area contributed by atoms with Gasteiger partial charge in [0.25, 0.3) is 5.91 Å². The van der Waals surface area contributed by atoms with Crippen LogP contribution in [0.25, 0.3) is 28.1 Å². The van der Waals surface area contributed by atoms with E-state index in [1.54, 1.807) is 29.7 Å². The second-order valence-corrected chi connectivity index (χ2v) is 10.2. The predicted octanol–water partition coefficient (Wildman–Crippen LogP) is 5.26. The second-order valence-electron chi connectivity index (χ2n) is 10.2. The number of benzene rings is 2. The molecule has 1 aliphatic carbocycles. The van der Waals surface area contributed by atoms with Crippen molar-refractivity contribution >= 4 is 22.7 Å². The Balaban J connectivity index is 1.19. The number of aryl methyl sites for hydroxylation is 1. The van der Waals surface area contributed by atoms with E-state index in [1.165, 1.54) is 24.3 Å². The molecule has 1 aliphatic rings. The molecule has 3 aromatic heterocycles. The summed E-state index contributed by atoms with van der Waals surface area (Å²) in [5.74, 6) is -2.05. The Hall–Kier alpha value is -5.14. The van der Waals surface area contributed by atoms with Crippen LogP contribution in [-0.2, 0) is 17.5 Å². The molecule has 3 heterocycles. The van der Waals surface area contributed by atoms with E-state index in [9.17, 15) is 27.2 Å². The summed E-state index contributed by atoms with van der Waals surface area (Å²) < 4.78 is 75.0. The van der Waals surface area contributed by atoms with Gasteiger partial charge in [-0.15, -0.1) is 0 Å². The lowest BCUT2D eigenvalue weighted by Gasteiger charge is -2.18. The van der Waals surface area contributed by atoms with Crippen LogP contribution >= 0.6 is 0 Å². The standard InChI is InChI=1S/C29H21F5N6O3/c1-15-37-25(39-43-15)24-10-17-9-20(30)3-5-23(17)40(24)21-4-2-16(22(31)11-21)13-36-27(42)28(6-7-28)38-26(41)18-8-19(14-35-12-18)29(32,33)34/h2-5,8-12,14H,6-7,13H2,1H3,(H,36,42)(H,38,41). The average Bonchev–Trinajstić information content (AvgIpc) is 3.46. The van der Waals surface area contributed by atoms with E-state index < -0.39 is 40.7 Å². The first-order chi connectivity index (χ1) is 20.4. The number of rotatable bonds is 7. The summed E-state index contributed by atoms with van der Waals surface area (Å²) in [4.78, 5) is 33.3. The minimum absolute atomic E-state index is 0.140. The molecule has 1 fully saturated rings. The third-order valence-electron chi connectivity index (χ3n) is 7.12. The van der Waals surface area contributed by atoms with Gasteiger partial charge in [-0.1, -0.05) is 11.2 Å². The molecule has 0 spiro atoms. The monoisotopic (exact) mass is 596 g/mol. The molecule has 1 saturated carbocycles. The summed E-state index contributed by atoms with van der Waals surface area (Å²) in [6, 6.07) is 10.8. The normalized spacial score (nSPS) is 14.1. The second kappa shape index (κ2) is 10.3. The third-order valence-corrected chi connectivity index (χ3v) is 7.12. The Morgan fingerprint density at radius 1 is 1.05 bits per heavy atom. The van der Waals surface area contributed by atoms with Crippen LogP contribution in [0.1, 0.15) is 40.2 Å². The lowest BCUT2D eigenvalue weighted by Crippen LogP contribution is -2.48. The zero-order valence-electron chi connectivity index (χ0n) is 22.3. The Bertz CT molecular complexity index is 1890. The number of aromatic nitrogens is 4. The quantitative estimate of drug-likeness (QED) is 0.248. The number of fused-ring (bicyclic) bond motifs is 1. The van der Waals surface area contributed by atoms with Gasteiger partial charge in [0, 0.05) is 42.5 Å². The Kier molecular flexibility index (Phi) is 6.70. The van der Waals surface area contributed by atoms with Crippen LogP contribution in [0.2, 0.25) is 0 Å². The molecule has 5 aromatic rings. The van der Waals surface area contributed by atoms with E-state index >= 15 is 4.39 Å². The van der Waals surface area contributed by atoms with Crippen LogP contribution in [0, 0.1) is 18.6 Å². The van der Waals surface area contributed by atoms with Gasteiger partial charge in [-0.25, -0.2) is 8.78 Å². The minimum Gasteiger partial charge on any atom is -0.350 e. The predicted molar refractivity (Wildman–Crippen MR) is 142 cm³/mol. The highest BCUT2D eigenvalue weighted by molar-refractivity contribution is 6.00. The van der Waals surface area contributed by atoms with Gasteiger partial charge in [-0.05, 0) is 55.3 Å². The number of pyridine rings is 1. The lowest BCUT2D eigenvalue weighted by atomic mass is 10.1. The maximum atomic E-state index is 15.3. The van der Waals surface area contributed by atoms with Crippen LogP contribution in [0.3, 0.4) is 0 Å². The minimum atomic E-state index is -4.68. The fourth-order valence-corrected chi connectivity index (χ4v) is 4.74. The van der Waals surface area contributed by atoms with Gasteiger partial charge in [0.15, 0.2) is 0 Å². The van der Waals surface area contributed by atoms with Crippen LogP contribution in [0.15, 0.2) is 65.4 Å². The number of amides is 2. The maximum Gasteiger partial charge on any atom is 0.417 e. The Labute approximate surface area is 239 Å². The average molecular weight is 597 g/mol. The fraction of sp³-hybridized carbons (Fsp3) is 0.207. The van der Waals surface area contributed by atoms with Crippen LogP contribution in [0.4, 0.5) is 22.0 Å². The SMILES string of the molecule is Cc1nc(-c2cc3cc(F)ccc3n2-c2ccc(CNC(=O)C3(NC(=O)c4cncc(C(F)(F)F)c4)CC3)c(F)c2)no1. The number of halogens is 5. The highest BCUT2D eigenvalue weighted by Crippen LogP contribution is 2.37. The van der Waals surface area contributed by atoms with Crippen molar-refractivity contribution in [2.24, 2.45) is 0 Å². The van der Waals surface area contributed by atoms with Crippen molar-refractivity contribution < 1.29 is 36.1 Å². The molecular formula is C29H21F5N6O3. The summed E-state index contributed by atoms with van der Waals surface area (Å²) in [5, 5.41) is 9.55. The molecule has 2 aromatic carbocycles. The molecule has 0 radical (unpaired) electrons. The van der Waals surface area contributed by atoms with Gasteiger partial charge in [0.1, 0.15) is 17.2 Å². The van der Waals surface area contributed by atoms with Crippen molar-refractivity contribution in [1.82, 2.24) is 30.3 Å². The number of hydrogen-bond acceptors (Lipinski definition) is 6. The summed E-state index contributed by atoms with van der Waals surface area (Å²) >= 11 is 0. The van der Waals surface area contributed by atoms with Gasteiger partial charge in [0.2, 0.25) is 17.6 Å². The molecule has 2 N–H and O–H groups in total. The summed E-state index contributed by atoms with van der Waals surface area (Å²) in [7, 11) is 0. The molecule has 220 valence electrons. The highest BCUT2D eigenvalue weighted by Gasteiger charge is 2.51. The zero-order valence-corrected chi connectivity index (χ0v) is 22.3. The zero-order chi connectivity index (χ0) is 30.5. The van der Waals surface area contributed by atoms with Crippen molar-refractivity contribution in [1.29, 1.82) is 0 Å². The molecule has 0 atom stereocenters. The largest absolute Gasteiger partial charge is 0.417 e. The number of nitrogens with one attached hydrogen (secondary N) is 2. The number of carbonyl (C=O) groups is 2. The van der Waals surface area contributed by atoms with Crippen molar-refractivity contribution in [3.05, 3.63) is 95.1 Å². The van der Waals surface area contributed by atoms with Crippen LogP contribution < -0.4 is 10.6 Å². The fourth-order valence-electron chi connectivity index (χ4n) is 4.74. The maximum absolute atomic E-state index is 15.3. The van der Waals surface area contributed by atoms with E-state index in [4.69, 9.17) is 4.52 Å². The Morgan fingerprint density at radius 3 is 2.51 bits per heavy atom. The molecule has 0 aliphatic heterocycles. The first-order valence-corrected chi connectivity index (χ1v) is 13.0. The summed E-state index contributed by atoms with van der Waals surface area (Å²) in [6.45, 7) is 1.40. The lowest BCUT2D eigenvalue weighted by molar-refractivity contribution is -0.137. The van der Waals surface area contributed by atoms with E-state index in [-0.39, 0.29) is 36.3 Å². The molecule has 0 unspecified atom stereocenters. The van der Waals surface area contributed by atoms with Gasteiger partial charge < -0.3 is 19.7 Å². The first kappa shape index (κ1) is 28.0. The van der Waals surface area contributed by atoms with Crippen molar-refractivity contribution in [3.8, 4) is 17.2 Å². The molecule has 0 bridgehead atoms. The number of alkyl halides is 3. The van der Waals surface area contributed by atoms with Gasteiger partial charge in [0.05, 0.1) is 22.3 Å². The van der Waals surface area contributed by atoms with E-state index in [1.807, 2.05) is 0 Å². The topological polar surface area (TPSA) is 115 Å². The van der Waals surface area contributed by atoms with Crippen molar-refractivity contribution in [2.45, 2.75) is 38.0 Å². The molecule has 2 amide bonds. The molecule has 0 saturated heterocycles.